The summed E-state index contributed by atoms with van der Waals surface area (Å²) in [5, 5.41) is 10.4. The first-order valence-electron chi connectivity index (χ1n) is 8.63. The number of likely N-dealkylation sites (tertiary alicyclic amines) is 1. The number of carbonyl (C=O) groups excluding carboxylic acids is 1. The molecule has 2 saturated heterocycles. The summed E-state index contributed by atoms with van der Waals surface area (Å²) in [6, 6.07) is 6.14. The van der Waals surface area contributed by atoms with Crippen molar-refractivity contribution in [3.05, 3.63) is 34.9 Å². The van der Waals surface area contributed by atoms with Crippen molar-refractivity contribution in [3.63, 3.8) is 0 Å². The summed E-state index contributed by atoms with van der Waals surface area (Å²) in [5.41, 5.74) is 3.47. The Morgan fingerprint density at radius 1 is 1.13 bits per heavy atom. The Balaban J connectivity index is 1.47. The number of hydrogen-bond acceptors (Lipinski definition) is 4. The number of aliphatic hydroxyl groups excluding tert-OH is 1. The third-order valence-corrected chi connectivity index (χ3v) is 5.41. The van der Waals surface area contributed by atoms with Gasteiger partial charge in [-0.15, -0.1) is 0 Å². The average molecular weight is 316 g/mol. The predicted octanol–water partition coefficient (Wildman–Crippen LogP) is 0.693. The van der Waals surface area contributed by atoms with Gasteiger partial charge in [-0.25, -0.2) is 0 Å². The molecule has 2 fully saturated rings. The van der Waals surface area contributed by atoms with Crippen molar-refractivity contribution in [3.8, 4) is 0 Å². The number of rotatable bonds is 2. The summed E-state index contributed by atoms with van der Waals surface area (Å²) in [6.45, 7) is 4.13. The summed E-state index contributed by atoms with van der Waals surface area (Å²) in [5.74, 6) is 0.0505. The number of aryl methyl sites for hydroxylation is 2. The quantitative estimate of drug-likeness (QED) is 0.872. The highest BCUT2D eigenvalue weighted by molar-refractivity contribution is 5.94. The molecule has 0 unspecified atom stereocenters. The van der Waals surface area contributed by atoms with Crippen LogP contribution in [0.25, 0.3) is 0 Å². The van der Waals surface area contributed by atoms with E-state index in [-0.39, 0.29) is 11.9 Å². The van der Waals surface area contributed by atoms with Gasteiger partial charge >= 0.3 is 0 Å². The van der Waals surface area contributed by atoms with Crippen molar-refractivity contribution < 1.29 is 14.6 Å². The summed E-state index contributed by atoms with van der Waals surface area (Å²) in [4.78, 5) is 16.9. The minimum Gasteiger partial charge on any atom is -0.390 e. The first-order chi connectivity index (χ1) is 11.2. The fourth-order valence-electron chi connectivity index (χ4n) is 4.09. The highest BCUT2D eigenvalue weighted by Crippen LogP contribution is 2.25. The van der Waals surface area contributed by atoms with Gasteiger partial charge in [-0.2, -0.15) is 0 Å². The predicted molar refractivity (Wildman–Crippen MR) is 86.6 cm³/mol. The van der Waals surface area contributed by atoms with Gasteiger partial charge in [0.1, 0.15) is 0 Å². The van der Waals surface area contributed by atoms with Crippen molar-refractivity contribution in [2.45, 2.75) is 31.4 Å². The number of morpholine rings is 1. The van der Waals surface area contributed by atoms with Gasteiger partial charge in [-0.1, -0.05) is 6.07 Å². The number of nitrogens with zero attached hydrogens (tertiary/aromatic N) is 2. The van der Waals surface area contributed by atoms with Crippen molar-refractivity contribution >= 4 is 5.91 Å². The van der Waals surface area contributed by atoms with Gasteiger partial charge in [0.25, 0.3) is 5.91 Å². The van der Waals surface area contributed by atoms with Crippen LogP contribution in [0.1, 0.15) is 27.9 Å². The van der Waals surface area contributed by atoms with E-state index in [0.717, 1.165) is 31.5 Å². The van der Waals surface area contributed by atoms with Gasteiger partial charge in [0.05, 0.1) is 25.4 Å². The molecule has 23 heavy (non-hydrogen) atoms. The van der Waals surface area contributed by atoms with Crippen LogP contribution in [0.2, 0.25) is 0 Å². The molecule has 2 atom stereocenters. The lowest BCUT2D eigenvalue weighted by Crippen LogP contribution is -2.49. The number of carbonyl (C=O) groups is 1. The number of amides is 1. The largest absolute Gasteiger partial charge is 0.390 e. The van der Waals surface area contributed by atoms with Gasteiger partial charge < -0.3 is 14.7 Å². The monoisotopic (exact) mass is 316 g/mol. The number of aliphatic hydroxyl groups is 1. The Bertz CT molecular complexity index is 598. The summed E-state index contributed by atoms with van der Waals surface area (Å²) in [6.07, 6.45) is 2.93. The van der Waals surface area contributed by atoms with Crippen LogP contribution in [-0.4, -0.2) is 72.4 Å². The van der Waals surface area contributed by atoms with E-state index >= 15 is 0 Å². The molecular weight excluding hydrogens is 292 g/mol. The molecule has 5 heteroatoms. The molecule has 2 heterocycles. The third-order valence-electron chi connectivity index (χ3n) is 5.41. The lowest BCUT2D eigenvalue weighted by atomic mass is 10.1. The normalized spacial score (nSPS) is 28.1. The fourth-order valence-corrected chi connectivity index (χ4v) is 4.09. The van der Waals surface area contributed by atoms with Crippen LogP contribution >= 0.6 is 0 Å². The van der Waals surface area contributed by atoms with Crippen LogP contribution in [0, 0.1) is 0 Å². The van der Waals surface area contributed by atoms with E-state index in [0.29, 0.717) is 26.3 Å². The first kappa shape index (κ1) is 15.1. The van der Waals surface area contributed by atoms with E-state index < -0.39 is 6.10 Å². The highest BCUT2D eigenvalue weighted by atomic mass is 16.5. The van der Waals surface area contributed by atoms with E-state index in [1.54, 1.807) is 0 Å². The minimum absolute atomic E-state index is 0.0391. The SMILES string of the molecule is O=C(c1ccc2c(c1)CCC2)N1C[C@@H](O)[C@H](N2CCOCC2)C1. The van der Waals surface area contributed by atoms with Gasteiger partial charge in [0, 0.05) is 31.7 Å². The van der Waals surface area contributed by atoms with E-state index in [2.05, 4.69) is 17.0 Å². The fraction of sp³-hybridized carbons (Fsp3) is 0.611. The van der Waals surface area contributed by atoms with Crippen molar-refractivity contribution in [2.24, 2.45) is 0 Å². The minimum atomic E-state index is -0.466. The molecule has 4 rings (SSSR count). The van der Waals surface area contributed by atoms with Gasteiger partial charge in [0.15, 0.2) is 0 Å². The maximum atomic E-state index is 12.8. The molecule has 0 aromatic heterocycles. The Kier molecular flexibility index (Phi) is 4.09. The van der Waals surface area contributed by atoms with Crippen LogP contribution in [-0.2, 0) is 17.6 Å². The van der Waals surface area contributed by atoms with Gasteiger partial charge in [-0.05, 0) is 42.5 Å². The molecule has 2 aliphatic heterocycles. The molecule has 0 radical (unpaired) electrons. The van der Waals surface area contributed by atoms with Crippen LogP contribution in [0.4, 0.5) is 0 Å². The van der Waals surface area contributed by atoms with E-state index in [4.69, 9.17) is 4.74 Å². The molecule has 1 aromatic rings. The van der Waals surface area contributed by atoms with Gasteiger partial charge in [0.2, 0.25) is 0 Å². The molecule has 124 valence electrons. The molecular formula is C18H24N2O3. The van der Waals surface area contributed by atoms with Crippen LogP contribution in [0.15, 0.2) is 18.2 Å². The number of ether oxygens (including phenoxy) is 1. The highest BCUT2D eigenvalue weighted by Gasteiger charge is 2.38. The smallest absolute Gasteiger partial charge is 0.254 e. The molecule has 0 spiro atoms. The third kappa shape index (κ3) is 2.89. The topological polar surface area (TPSA) is 53.0 Å². The number of β-amino-alcohol motifs (C(OH)–C–C–N with tert-alkyl or cyclic N) is 1. The molecule has 1 N–H and O–H groups in total. The van der Waals surface area contributed by atoms with E-state index in [9.17, 15) is 9.90 Å². The Morgan fingerprint density at radius 3 is 2.74 bits per heavy atom. The van der Waals surface area contributed by atoms with E-state index in [1.165, 1.54) is 17.5 Å². The van der Waals surface area contributed by atoms with Crippen LogP contribution in [0.5, 0.6) is 0 Å². The van der Waals surface area contributed by atoms with E-state index in [1.807, 2.05) is 11.0 Å². The van der Waals surface area contributed by atoms with Crippen LogP contribution in [0.3, 0.4) is 0 Å². The number of benzene rings is 1. The molecule has 0 bridgehead atoms. The summed E-state index contributed by atoms with van der Waals surface area (Å²) < 4.78 is 5.38. The Morgan fingerprint density at radius 2 is 1.91 bits per heavy atom. The standard InChI is InChI=1S/C18H24N2O3/c21-17-12-20(11-16(17)19-6-8-23-9-7-19)18(22)15-5-4-13-2-1-3-14(13)10-15/h4-5,10,16-17,21H,1-3,6-9,11-12H2/t16-,17-/m1/s1. The second-order valence-corrected chi connectivity index (χ2v) is 6.83. The zero-order chi connectivity index (χ0) is 15.8. The first-order valence-corrected chi connectivity index (χ1v) is 8.63. The Hall–Kier alpha value is -1.43. The molecule has 1 aliphatic carbocycles. The second kappa shape index (κ2) is 6.23. The maximum Gasteiger partial charge on any atom is 0.254 e. The van der Waals surface area contributed by atoms with Crippen LogP contribution < -0.4 is 0 Å². The van der Waals surface area contributed by atoms with Crippen molar-refractivity contribution in [1.29, 1.82) is 0 Å². The number of fused-ring (bicyclic) bond motifs is 1. The zero-order valence-electron chi connectivity index (χ0n) is 13.4. The second-order valence-electron chi connectivity index (χ2n) is 6.83. The van der Waals surface area contributed by atoms with Crippen molar-refractivity contribution in [2.75, 3.05) is 39.4 Å². The molecule has 1 amide bonds. The molecule has 3 aliphatic rings. The summed E-state index contributed by atoms with van der Waals surface area (Å²) >= 11 is 0. The molecule has 0 saturated carbocycles. The van der Waals surface area contributed by atoms with Gasteiger partial charge in [-0.3, -0.25) is 9.69 Å². The maximum absolute atomic E-state index is 12.8. The molecule has 5 nitrogen and oxygen atoms in total. The van der Waals surface area contributed by atoms with Crippen molar-refractivity contribution in [1.82, 2.24) is 9.80 Å². The lowest BCUT2D eigenvalue weighted by Gasteiger charge is -2.33. The Labute approximate surface area is 136 Å². The molecule has 1 aromatic carbocycles. The average Bonchev–Trinajstić information content (AvgIpc) is 3.20. The zero-order valence-corrected chi connectivity index (χ0v) is 13.4. The summed E-state index contributed by atoms with van der Waals surface area (Å²) in [7, 11) is 0. The lowest BCUT2D eigenvalue weighted by molar-refractivity contribution is -0.00611. The number of hydrogen-bond donors (Lipinski definition) is 1.